The van der Waals surface area contributed by atoms with E-state index in [9.17, 15) is 4.79 Å². The van der Waals surface area contributed by atoms with Gasteiger partial charge in [-0.3, -0.25) is 10.1 Å². The predicted molar refractivity (Wildman–Crippen MR) is 83.7 cm³/mol. The van der Waals surface area contributed by atoms with E-state index < -0.39 is 0 Å². The van der Waals surface area contributed by atoms with Crippen molar-refractivity contribution in [2.75, 3.05) is 13.7 Å². The van der Waals surface area contributed by atoms with Gasteiger partial charge >= 0.3 is 0 Å². The minimum absolute atomic E-state index is 0.251. The number of hydrogen-bond donors (Lipinski definition) is 2. The number of carbonyl (C=O) groups is 1. The second kappa shape index (κ2) is 6.23. The van der Waals surface area contributed by atoms with E-state index in [1.54, 1.807) is 19.3 Å². The van der Waals surface area contributed by atoms with E-state index in [-0.39, 0.29) is 5.91 Å². The zero-order chi connectivity index (χ0) is 14.7. The van der Waals surface area contributed by atoms with Crippen molar-refractivity contribution in [1.82, 2.24) is 10.6 Å². The van der Waals surface area contributed by atoms with Gasteiger partial charge in [-0.05, 0) is 58.8 Å². The molecule has 20 heavy (non-hydrogen) atoms. The van der Waals surface area contributed by atoms with Crippen molar-refractivity contribution >= 4 is 45.2 Å². The molecule has 0 aromatic heterocycles. The molecule has 0 radical (unpaired) electrons. The Hall–Kier alpha value is -1.60. The first kappa shape index (κ1) is 14.8. The fraction of sp³-hybridized carbons (Fsp3) is 0.231. The number of carbonyl (C=O) groups excluding carboxylic acids is 1. The molecule has 1 fully saturated rings. The Labute approximate surface area is 130 Å². The molecule has 106 valence electrons. The van der Waals surface area contributed by atoms with E-state index in [2.05, 4.69) is 26.6 Å². The first-order chi connectivity index (χ1) is 9.55. The molecule has 1 saturated heterocycles. The van der Waals surface area contributed by atoms with Crippen LogP contribution in [0.2, 0.25) is 0 Å². The van der Waals surface area contributed by atoms with Crippen LogP contribution in [0.15, 0.2) is 22.3 Å². The molecule has 2 N–H and O–H groups in total. The van der Waals surface area contributed by atoms with Gasteiger partial charge in [-0.25, -0.2) is 0 Å². The Morgan fingerprint density at radius 3 is 2.70 bits per heavy atom. The molecule has 1 heterocycles. The van der Waals surface area contributed by atoms with E-state index in [1.165, 1.54) is 0 Å². The summed E-state index contributed by atoms with van der Waals surface area (Å²) in [6, 6.07) is 3.63. The van der Waals surface area contributed by atoms with Gasteiger partial charge in [0.15, 0.2) is 16.6 Å². The van der Waals surface area contributed by atoms with E-state index >= 15 is 0 Å². The molecule has 0 aliphatic carbocycles. The van der Waals surface area contributed by atoms with Crippen molar-refractivity contribution < 1.29 is 14.3 Å². The summed E-state index contributed by atoms with van der Waals surface area (Å²) in [5.74, 6) is 0.976. The SMILES string of the molecule is CCOc1c(Br)cc(/C=C2/NC(=S)NC2=O)cc1OC. The lowest BCUT2D eigenvalue weighted by atomic mass is 10.1. The first-order valence-corrected chi connectivity index (χ1v) is 7.09. The van der Waals surface area contributed by atoms with Gasteiger partial charge in [0.25, 0.3) is 5.91 Å². The van der Waals surface area contributed by atoms with Gasteiger partial charge in [0.2, 0.25) is 0 Å². The van der Waals surface area contributed by atoms with Gasteiger partial charge in [0, 0.05) is 0 Å². The second-order valence-corrected chi connectivity index (χ2v) is 5.20. The molecule has 0 saturated carbocycles. The summed E-state index contributed by atoms with van der Waals surface area (Å²) in [7, 11) is 1.57. The van der Waals surface area contributed by atoms with Crippen LogP contribution < -0.4 is 20.1 Å². The molecule has 5 nitrogen and oxygen atoms in total. The maximum absolute atomic E-state index is 11.6. The summed E-state index contributed by atoms with van der Waals surface area (Å²) in [5, 5.41) is 5.60. The number of amides is 1. The average molecular weight is 357 g/mol. The average Bonchev–Trinajstić information content (AvgIpc) is 2.70. The molecule has 0 atom stereocenters. The normalized spacial score (nSPS) is 16.1. The Bertz CT molecular complexity index is 602. The third kappa shape index (κ3) is 3.10. The highest BCUT2D eigenvalue weighted by molar-refractivity contribution is 9.10. The number of ether oxygens (including phenoxy) is 2. The van der Waals surface area contributed by atoms with Crippen LogP contribution in [0.4, 0.5) is 0 Å². The van der Waals surface area contributed by atoms with E-state index in [1.807, 2.05) is 13.0 Å². The summed E-state index contributed by atoms with van der Waals surface area (Å²) in [4.78, 5) is 11.6. The zero-order valence-electron chi connectivity index (χ0n) is 11.0. The second-order valence-electron chi connectivity index (χ2n) is 3.93. The number of hydrogen-bond acceptors (Lipinski definition) is 4. The summed E-state index contributed by atoms with van der Waals surface area (Å²) in [6.07, 6.45) is 1.69. The van der Waals surface area contributed by atoms with Crippen LogP contribution in [0.1, 0.15) is 12.5 Å². The van der Waals surface area contributed by atoms with Gasteiger partial charge < -0.3 is 14.8 Å². The molecule has 1 aromatic carbocycles. The number of rotatable bonds is 4. The van der Waals surface area contributed by atoms with E-state index in [4.69, 9.17) is 21.7 Å². The maximum Gasteiger partial charge on any atom is 0.273 e. The lowest BCUT2D eigenvalue weighted by molar-refractivity contribution is -0.115. The molecule has 7 heteroatoms. The minimum atomic E-state index is -0.251. The van der Waals surface area contributed by atoms with Crippen LogP contribution in [0.25, 0.3) is 6.08 Å². The quantitative estimate of drug-likeness (QED) is 0.639. The number of nitrogens with one attached hydrogen (secondary N) is 2. The third-order valence-corrected chi connectivity index (χ3v) is 3.36. The van der Waals surface area contributed by atoms with Crippen molar-refractivity contribution in [3.05, 3.63) is 27.9 Å². The fourth-order valence-electron chi connectivity index (χ4n) is 1.76. The van der Waals surface area contributed by atoms with E-state index in [0.29, 0.717) is 28.9 Å². The van der Waals surface area contributed by atoms with Crippen molar-refractivity contribution in [2.45, 2.75) is 6.92 Å². The van der Waals surface area contributed by atoms with Gasteiger partial charge in [-0.1, -0.05) is 0 Å². The molecule has 2 rings (SSSR count). The fourth-order valence-corrected chi connectivity index (χ4v) is 2.53. The van der Waals surface area contributed by atoms with Gasteiger partial charge in [0.1, 0.15) is 5.70 Å². The van der Waals surface area contributed by atoms with Gasteiger partial charge in [-0.2, -0.15) is 0 Å². The van der Waals surface area contributed by atoms with Crippen LogP contribution in [0.3, 0.4) is 0 Å². The Morgan fingerprint density at radius 2 is 2.15 bits per heavy atom. The molecule has 0 bridgehead atoms. The predicted octanol–water partition coefficient (Wildman–Crippen LogP) is 2.20. The van der Waals surface area contributed by atoms with Crippen molar-refractivity contribution in [3.63, 3.8) is 0 Å². The number of benzene rings is 1. The van der Waals surface area contributed by atoms with Crippen LogP contribution in [0.5, 0.6) is 11.5 Å². The number of methoxy groups -OCH3 is 1. The van der Waals surface area contributed by atoms with Crippen LogP contribution in [0, 0.1) is 0 Å². The third-order valence-electron chi connectivity index (χ3n) is 2.57. The standard InChI is InChI=1S/C13H13BrN2O3S/c1-3-19-11-8(14)4-7(6-10(11)18-2)5-9-12(17)16-13(20)15-9/h4-6H,3H2,1-2H3,(H2,15,16,17,20)/b9-5+. The molecule has 1 aromatic rings. The molecule has 0 spiro atoms. The van der Waals surface area contributed by atoms with Gasteiger partial charge in [0.05, 0.1) is 18.2 Å². The van der Waals surface area contributed by atoms with Crippen LogP contribution in [-0.2, 0) is 4.79 Å². The lowest BCUT2D eigenvalue weighted by Gasteiger charge is -2.12. The van der Waals surface area contributed by atoms with Crippen molar-refractivity contribution in [2.24, 2.45) is 0 Å². The summed E-state index contributed by atoms with van der Waals surface area (Å²) >= 11 is 8.32. The minimum Gasteiger partial charge on any atom is -0.493 e. The zero-order valence-corrected chi connectivity index (χ0v) is 13.4. The first-order valence-electron chi connectivity index (χ1n) is 5.89. The summed E-state index contributed by atoms with van der Waals surface area (Å²) in [5.41, 5.74) is 1.19. The van der Waals surface area contributed by atoms with Crippen molar-refractivity contribution in [1.29, 1.82) is 0 Å². The van der Waals surface area contributed by atoms with Crippen LogP contribution >= 0.6 is 28.1 Å². The number of thiocarbonyl (C=S) groups is 1. The Kier molecular flexibility index (Phi) is 4.61. The Balaban J connectivity index is 2.39. The number of halogens is 1. The highest BCUT2D eigenvalue weighted by Crippen LogP contribution is 2.37. The Morgan fingerprint density at radius 1 is 1.40 bits per heavy atom. The molecular weight excluding hydrogens is 344 g/mol. The molecule has 1 aliphatic rings. The lowest BCUT2D eigenvalue weighted by Crippen LogP contribution is -2.21. The van der Waals surface area contributed by atoms with Gasteiger partial charge in [-0.15, -0.1) is 0 Å². The smallest absolute Gasteiger partial charge is 0.273 e. The summed E-state index contributed by atoms with van der Waals surface area (Å²) < 4.78 is 11.6. The summed E-state index contributed by atoms with van der Waals surface area (Å²) in [6.45, 7) is 2.43. The molecule has 1 aliphatic heterocycles. The van der Waals surface area contributed by atoms with Crippen LogP contribution in [-0.4, -0.2) is 24.7 Å². The highest BCUT2D eigenvalue weighted by atomic mass is 79.9. The van der Waals surface area contributed by atoms with Crippen molar-refractivity contribution in [3.8, 4) is 11.5 Å². The maximum atomic E-state index is 11.6. The largest absolute Gasteiger partial charge is 0.493 e. The molecule has 0 unspecified atom stereocenters. The highest BCUT2D eigenvalue weighted by Gasteiger charge is 2.20. The molecule has 1 amide bonds. The topological polar surface area (TPSA) is 59.6 Å². The molecular formula is C13H13BrN2O3S. The monoisotopic (exact) mass is 356 g/mol. The van der Waals surface area contributed by atoms with E-state index in [0.717, 1.165) is 10.0 Å².